The molecule has 2 aromatic carbocycles. The monoisotopic (exact) mass is 283 g/mol. The molecule has 0 saturated heterocycles. The van der Waals surface area contributed by atoms with Gasteiger partial charge in [0.2, 0.25) is 0 Å². The fourth-order valence-corrected chi connectivity index (χ4v) is 2.20. The molecule has 100 valence electrons. The Balaban J connectivity index is 1.88. The van der Waals surface area contributed by atoms with Crippen molar-refractivity contribution in [2.24, 2.45) is 0 Å². The second-order valence-electron chi connectivity index (χ2n) is 4.60. The van der Waals surface area contributed by atoms with E-state index in [0.717, 1.165) is 21.8 Å². The van der Waals surface area contributed by atoms with Crippen molar-refractivity contribution in [1.29, 1.82) is 0 Å². The molecule has 0 amide bonds. The van der Waals surface area contributed by atoms with Crippen LogP contribution < -0.4 is 5.73 Å². The molecule has 3 aromatic rings. The summed E-state index contributed by atoms with van der Waals surface area (Å²) < 4.78 is 1.80. The van der Waals surface area contributed by atoms with E-state index in [-0.39, 0.29) is 0 Å². The second kappa shape index (κ2) is 5.39. The molecule has 3 nitrogen and oxygen atoms in total. The van der Waals surface area contributed by atoms with Crippen LogP contribution in [-0.2, 0) is 6.54 Å². The van der Waals surface area contributed by atoms with Crippen LogP contribution in [0, 0.1) is 0 Å². The number of nitrogens with zero attached hydrogens (tertiary/aromatic N) is 2. The highest BCUT2D eigenvalue weighted by atomic mass is 35.5. The number of anilines is 1. The van der Waals surface area contributed by atoms with Crippen molar-refractivity contribution in [3.8, 4) is 11.3 Å². The molecular weight excluding hydrogens is 270 g/mol. The quantitative estimate of drug-likeness (QED) is 0.794. The largest absolute Gasteiger partial charge is 0.384 e. The van der Waals surface area contributed by atoms with Gasteiger partial charge >= 0.3 is 0 Å². The Morgan fingerprint density at radius 3 is 2.40 bits per heavy atom. The SMILES string of the molecule is Nc1cc(-c2ccccc2)nn1Cc1ccc(Cl)cc1. The third kappa shape index (κ3) is 2.68. The minimum atomic E-state index is 0.635. The van der Waals surface area contributed by atoms with Gasteiger partial charge in [0.25, 0.3) is 0 Å². The lowest BCUT2D eigenvalue weighted by molar-refractivity contribution is 0.700. The van der Waals surface area contributed by atoms with Crippen molar-refractivity contribution in [2.75, 3.05) is 5.73 Å². The molecule has 0 aliphatic rings. The van der Waals surface area contributed by atoms with Crippen LogP contribution in [0.3, 0.4) is 0 Å². The highest BCUT2D eigenvalue weighted by molar-refractivity contribution is 6.30. The van der Waals surface area contributed by atoms with E-state index >= 15 is 0 Å². The van der Waals surface area contributed by atoms with Gasteiger partial charge in [-0.15, -0.1) is 0 Å². The van der Waals surface area contributed by atoms with Gasteiger partial charge in [0.1, 0.15) is 5.82 Å². The fraction of sp³-hybridized carbons (Fsp3) is 0.0625. The summed E-state index contributed by atoms with van der Waals surface area (Å²) in [5.74, 6) is 0.652. The zero-order valence-corrected chi connectivity index (χ0v) is 11.6. The molecule has 0 aliphatic heterocycles. The third-order valence-electron chi connectivity index (χ3n) is 3.13. The second-order valence-corrected chi connectivity index (χ2v) is 5.04. The molecule has 0 aliphatic carbocycles. The van der Waals surface area contributed by atoms with E-state index in [0.29, 0.717) is 12.4 Å². The molecule has 0 radical (unpaired) electrons. The minimum absolute atomic E-state index is 0.635. The molecule has 0 atom stereocenters. The summed E-state index contributed by atoms with van der Waals surface area (Å²) in [7, 11) is 0. The van der Waals surface area contributed by atoms with Gasteiger partial charge in [-0.2, -0.15) is 5.10 Å². The topological polar surface area (TPSA) is 43.8 Å². The van der Waals surface area contributed by atoms with E-state index in [4.69, 9.17) is 17.3 Å². The maximum atomic E-state index is 6.03. The molecule has 1 aromatic heterocycles. The summed E-state index contributed by atoms with van der Waals surface area (Å²) in [5, 5.41) is 5.29. The highest BCUT2D eigenvalue weighted by Gasteiger charge is 2.07. The normalized spacial score (nSPS) is 10.7. The van der Waals surface area contributed by atoms with Crippen LogP contribution >= 0.6 is 11.6 Å². The Kier molecular flexibility index (Phi) is 3.44. The Morgan fingerprint density at radius 2 is 1.70 bits per heavy atom. The standard InChI is InChI=1S/C16H14ClN3/c17-14-8-6-12(7-9-14)11-20-16(18)10-15(19-20)13-4-2-1-3-5-13/h1-10H,11,18H2. The lowest BCUT2D eigenvalue weighted by Gasteiger charge is -2.04. The van der Waals surface area contributed by atoms with E-state index in [1.807, 2.05) is 60.7 Å². The zero-order chi connectivity index (χ0) is 13.9. The molecule has 0 fully saturated rings. The van der Waals surface area contributed by atoms with Gasteiger partial charge in [0.15, 0.2) is 0 Å². The zero-order valence-electron chi connectivity index (χ0n) is 10.8. The van der Waals surface area contributed by atoms with E-state index < -0.39 is 0 Å². The van der Waals surface area contributed by atoms with Crippen LogP contribution in [0.25, 0.3) is 11.3 Å². The molecule has 4 heteroatoms. The predicted molar refractivity (Wildman–Crippen MR) is 82.6 cm³/mol. The van der Waals surface area contributed by atoms with E-state index in [2.05, 4.69) is 5.10 Å². The molecule has 3 rings (SSSR count). The Labute approximate surface area is 122 Å². The fourth-order valence-electron chi connectivity index (χ4n) is 2.07. The Bertz CT molecular complexity index is 702. The van der Waals surface area contributed by atoms with Crippen molar-refractivity contribution in [1.82, 2.24) is 9.78 Å². The Morgan fingerprint density at radius 1 is 1.00 bits per heavy atom. The van der Waals surface area contributed by atoms with Gasteiger partial charge in [0, 0.05) is 16.7 Å². The van der Waals surface area contributed by atoms with E-state index in [1.165, 1.54) is 0 Å². The van der Waals surface area contributed by atoms with E-state index in [1.54, 1.807) is 4.68 Å². The first-order chi connectivity index (χ1) is 9.72. The number of rotatable bonds is 3. The lowest BCUT2D eigenvalue weighted by Crippen LogP contribution is -2.05. The molecule has 0 unspecified atom stereocenters. The van der Waals surface area contributed by atoms with Gasteiger partial charge in [-0.1, -0.05) is 54.1 Å². The van der Waals surface area contributed by atoms with Crippen LogP contribution in [-0.4, -0.2) is 9.78 Å². The summed E-state index contributed by atoms with van der Waals surface area (Å²) in [4.78, 5) is 0. The molecule has 2 N–H and O–H groups in total. The number of nitrogen functional groups attached to an aromatic ring is 1. The predicted octanol–water partition coefficient (Wildman–Crippen LogP) is 3.83. The molecule has 0 saturated carbocycles. The van der Waals surface area contributed by atoms with Crippen LogP contribution in [0.2, 0.25) is 5.02 Å². The van der Waals surface area contributed by atoms with Crippen molar-refractivity contribution >= 4 is 17.4 Å². The smallest absolute Gasteiger partial charge is 0.122 e. The molecule has 1 heterocycles. The summed E-state index contributed by atoms with van der Waals surface area (Å²) in [6, 6.07) is 19.6. The molecule has 20 heavy (non-hydrogen) atoms. The van der Waals surface area contributed by atoms with Crippen molar-refractivity contribution < 1.29 is 0 Å². The molecule has 0 spiro atoms. The van der Waals surface area contributed by atoms with Gasteiger partial charge < -0.3 is 5.73 Å². The summed E-state index contributed by atoms with van der Waals surface area (Å²) in [5.41, 5.74) is 9.10. The summed E-state index contributed by atoms with van der Waals surface area (Å²) in [6.07, 6.45) is 0. The number of nitrogens with two attached hydrogens (primary N) is 1. The molecule has 0 bridgehead atoms. The van der Waals surface area contributed by atoms with Crippen molar-refractivity contribution in [3.63, 3.8) is 0 Å². The average molecular weight is 284 g/mol. The highest BCUT2D eigenvalue weighted by Crippen LogP contribution is 2.21. The van der Waals surface area contributed by atoms with Crippen LogP contribution in [0.4, 0.5) is 5.82 Å². The first-order valence-electron chi connectivity index (χ1n) is 6.35. The van der Waals surface area contributed by atoms with Crippen LogP contribution in [0.1, 0.15) is 5.56 Å². The minimum Gasteiger partial charge on any atom is -0.384 e. The van der Waals surface area contributed by atoms with Gasteiger partial charge in [-0.3, -0.25) is 0 Å². The number of benzene rings is 2. The van der Waals surface area contributed by atoms with E-state index in [9.17, 15) is 0 Å². The molecular formula is C16H14ClN3. The van der Waals surface area contributed by atoms with Gasteiger partial charge in [-0.25, -0.2) is 4.68 Å². The number of hydrogen-bond acceptors (Lipinski definition) is 2. The summed E-state index contributed by atoms with van der Waals surface area (Å²) >= 11 is 5.88. The summed E-state index contributed by atoms with van der Waals surface area (Å²) in [6.45, 7) is 0.635. The van der Waals surface area contributed by atoms with Gasteiger partial charge in [0.05, 0.1) is 12.2 Å². The van der Waals surface area contributed by atoms with Gasteiger partial charge in [-0.05, 0) is 17.7 Å². The number of aromatic nitrogens is 2. The van der Waals surface area contributed by atoms with Crippen molar-refractivity contribution in [2.45, 2.75) is 6.54 Å². The Hall–Kier alpha value is -2.26. The third-order valence-corrected chi connectivity index (χ3v) is 3.38. The van der Waals surface area contributed by atoms with Crippen molar-refractivity contribution in [3.05, 3.63) is 71.2 Å². The van der Waals surface area contributed by atoms with Crippen LogP contribution in [0.15, 0.2) is 60.7 Å². The van der Waals surface area contributed by atoms with Crippen LogP contribution in [0.5, 0.6) is 0 Å². The number of hydrogen-bond donors (Lipinski definition) is 1. The average Bonchev–Trinajstić information content (AvgIpc) is 2.84. The maximum absolute atomic E-state index is 6.03. The number of halogens is 1. The lowest BCUT2D eigenvalue weighted by atomic mass is 10.2. The first kappa shape index (κ1) is 12.8. The first-order valence-corrected chi connectivity index (χ1v) is 6.73. The maximum Gasteiger partial charge on any atom is 0.122 e.